The fraction of sp³-hybridized carbons (Fsp3) is 0.160. The summed E-state index contributed by atoms with van der Waals surface area (Å²) in [7, 11) is 0. The molecule has 0 heterocycles. The standard InChI is InChI=1S/C25H25N3O3S/c1-4-31-20-13-10-18(11-14-20)23(29)28-25(32)27-22-8-6-5-7-21(22)24(30)26-19-12-9-16(2)17(3)15-19/h5-15H,4H2,1-3H3,(H,26,30)(H2,27,28,29,32). The molecule has 3 aromatic rings. The summed E-state index contributed by atoms with van der Waals surface area (Å²) in [5.41, 5.74) is 4.29. The van der Waals surface area contributed by atoms with E-state index in [1.807, 2.05) is 39.0 Å². The predicted molar refractivity (Wildman–Crippen MR) is 132 cm³/mol. The molecule has 32 heavy (non-hydrogen) atoms. The maximum Gasteiger partial charge on any atom is 0.257 e. The summed E-state index contributed by atoms with van der Waals surface area (Å²) >= 11 is 5.29. The summed E-state index contributed by atoms with van der Waals surface area (Å²) in [4.78, 5) is 25.3. The molecule has 164 valence electrons. The van der Waals surface area contributed by atoms with Crippen molar-refractivity contribution in [2.75, 3.05) is 17.2 Å². The van der Waals surface area contributed by atoms with Gasteiger partial charge in [0.05, 0.1) is 17.9 Å². The monoisotopic (exact) mass is 447 g/mol. The third kappa shape index (κ3) is 5.92. The van der Waals surface area contributed by atoms with Crippen molar-refractivity contribution in [3.63, 3.8) is 0 Å². The first-order valence-electron chi connectivity index (χ1n) is 10.2. The van der Waals surface area contributed by atoms with Gasteiger partial charge in [-0.15, -0.1) is 0 Å². The number of rotatable bonds is 6. The van der Waals surface area contributed by atoms with Gasteiger partial charge in [-0.2, -0.15) is 0 Å². The highest BCUT2D eigenvalue weighted by molar-refractivity contribution is 7.80. The Morgan fingerprint density at radius 3 is 2.28 bits per heavy atom. The minimum absolute atomic E-state index is 0.0929. The van der Waals surface area contributed by atoms with Gasteiger partial charge in [0.25, 0.3) is 11.8 Å². The zero-order chi connectivity index (χ0) is 23.1. The second-order valence-corrected chi connectivity index (χ2v) is 7.57. The average Bonchev–Trinajstić information content (AvgIpc) is 2.77. The summed E-state index contributed by atoms with van der Waals surface area (Å²) in [5, 5.41) is 8.57. The molecule has 0 bridgehead atoms. The van der Waals surface area contributed by atoms with Crippen molar-refractivity contribution >= 4 is 40.5 Å². The summed E-state index contributed by atoms with van der Waals surface area (Å²) in [6.07, 6.45) is 0. The van der Waals surface area contributed by atoms with Crippen molar-refractivity contribution in [1.29, 1.82) is 0 Å². The molecule has 3 rings (SSSR count). The molecule has 6 nitrogen and oxygen atoms in total. The lowest BCUT2D eigenvalue weighted by molar-refractivity contribution is 0.0976. The molecule has 0 aliphatic rings. The van der Waals surface area contributed by atoms with Crippen molar-refractivity contribution in [2.24, 2.45) is 0 Å². The molecule has 0 atom stereocenters. The number of thiocarbonyl (C=S) groups is 1. The highest BCUT2D eigenvalue weighted by Crippen LogP contribution is 2.19. The number of nitrogens with one attached hydrogen (secondary N) is 3. The minimum Gasteiger partial charge on any atom is -0.494 e. The topological polar surface area (TPSA) is 79.5 Å². The van der Waals surface area contributed by atoms with Crippen molar-refractivity contribution in [2.45, 2.75) is 20.8 Å². The number of ether oxygens (including phenoxy) is 1. The molecule has 0 saturated heterocycles. The Hall–Kier alpha value is -3.71. The summed E-state index contributed by atoms with van der Waals surface area (Å²) in [5.74, 6) is 0.0491. The number of carbonyl (C=O) groups excluding carboxylic acids is 2. The number of aryl methyl sites for hydroxylation is 2. The Kier molecular flexibility index (Phi) is 7.57. The Morgan fingerprint density at radius 2 is 1.59 bits per heavy atom. The Bertz CT molecular complexity index is 1140. The largest absolute Gasteiger partial charge is 0.494 e. The lowest BCUT2D eigenvalue weighted by atomic mass is 10.1. The first kappa shape index (κ1) is 23.0. The highest BCUT2D eigenvalue weighted by Gasteiger charge is 2.14. The average molecular weight is 448 g/mol. The molecule has 0 fully saturated rings. The zero-order valence-electron chi connectivity index (χ0n) is 18.2. The number of hydrogen-bond acceptors (Lipinski definition) is 4. The van der Waals surface area contributed by atoms with Crippen molar-refractivity contribution in [3.05, 3.63) is 89.0 Å². The van der Waals surface area contributed by atoms with Crippen LogP contribution in [0.2, 0.25) is 0 Å². The van der Waals surface area contributed by atoms with Crippen LogP contribution in [-0.2, 0) is 0 Å². The lowest BCUT2D eigenvalue weighted by Gasteiger charge is -2.14. The number of carbonyl (C=O) groups is 2. The Balaban J connectivity index is 1.67. The van der Waals surface area contributed by atoms with E-state index in [9.17, 15) is 9.59 Å². The van der Waals surface area contributed by atoms with Crippen LogP contribution in [0.5, 0.6) is 5.75 Å². The summed E-state index contributed by atoms with van der Waals surface area (Å²) in [6.45, 7) is 6.45. The van der Waals surface area contributed by atoms with Gasteiger partial charge in [-0.05, 0) is 92.6 Å². The third-order valence-electron chi connectivity index (χ3n) is 4.84. The van der Waals surface area contributed by atoms with Gasteiger partial charge in [0, 0.05) is 11.3 Å². The second kappa shape index (κ2) is 10.5. The van der Waals surface area contributed by atoms with Crippen LogP contribution in [0, 0.1) is 13.8 Å². The smallest absolute Gasteiger partial charge is 0.257 e. The SMILES string of the molecule is CCOc1ccc(C(=O)NC(=S)Nc2ccccc2C(=O)Nc2ccc(C)c(C)c2)cc1. The van der Waals surface area contributed by atoms with E-state index in [0.29, 0.717) is 34.9 Å². The number of hydrogen-bond donors (Lipinski definition) is 3. The molecular formula is C25H25N3O3S. The lowest BCUT2D eigenvalue weighted by Crippen LogP contribution is -2.34. The van der Waals surface area contributed by atoms with E-state index in [1.165, 1.54) is 0 Å². The van der Waals surface area contributed by atoms with Crippen molar-refractivity contribution < 1.29 is 14.3 Å². The quantitative estimate of drug-likeness (QED) is 0.459. The molecule has 0 saturated carbocycles. The molecule has 0 unspecified atom stereocenters. The van der Waals surface area contributed by atoms with Gasteiger partial charge in [0.15, 0.2) is 5.11 Å². The fourth-order valence-electron chi connectivity index (χ4n) is 3.01. The van der Waals surface area contributed by atoms with Gasteiger partial charge in [-0.25, -0.2) is 0 Å². The maximum atomic E-state index is 12.8. The van der Waals surface area contributed by atoms with Gasteiger partial charge < -0.3 is 15.4 Å². The molecule has 3 N–H and O–H groups in total. The second-order valence-electron chi connectivity index (χ2n) is 7.16. The van der Waals surface area contributed by atoms with E-state index >= 15 is 0 Å². The predicted octanol–water partition coefficient (Wildman–Crippen LogP) is 5.08. The molecule has 2 amide bonds. The summed E-state index contributed by atoms with van der Waals surface area (Å²) in [6, 6.07) is 19.5. The Morgan fingerprint density at radius 1 is 0.875 bits per heavy atom. The first-order valence-corrected chi connectivity index (χ1v) is 10.6. The van der Waals surface area contributed by atoms with E-state index in [2.05, 4.69) is 16.0 Å². The van der Waals surface area contributed by atoms with Crippen molar-refractivity contribution in [1.82, 2.24) is 5.32 Å². The Labute approximate surface area is 193 Å². The number of para-hydroxylation sites is 1. The normalized spacial score (nSPS) is 10.2. The van der Waals surface area contributed by atoms with E-state index in [4.69, 9.17) is 17.0 Å². The molecule has 0 aliphatic carbocycles. The molecule has 7 heteroatoms. The molecule has 0 spiro atoms. The molecular weight excluding hydrogens is 422 g/mol. The van der Waals surface area contributed by atoms with Crippen LogP contribution < -0.4 is 20.7 Å². The van der Waals surface area contributed by atoms with Crippen LogP contribution in [0.4, 0.5) is 11.4 Å². The number of anilines is 2. The van der Waals surface area contributed by atoms with Gasteiger partial charge in [-0.3, -0.25) is 14.9 Å². The van der Waals surface area contributed by atoms with E-state index in [-0.39, 0.29) is 16.9 Å². The van der Waals surface area contributed by atoms with Crippen molar-refractivity contribution in [3.8, 4) is 5.75 Å². The summed E-state index contributed by atoms with van der Waals surface area (Å²) < 4.78 is 5.38. The molecule has 3 aromatic carbocycles. The van der Waals surface area contributed by atoms with E-state index in [1.54, 1.807) is 48.5 Å². The van der Waals surface area contributed by atoms with Gasteiger partial charge in [0.1, 0.15) is 5.75 Å². The van der Waals surface area contributed by atoms with E-state index < -0.39 is 0 Å². The minimum atomic E-state index is -0.359. The fourth-order valence-corrected chi connectivity index (χ4v) is 3.21. The van der Waals surface area contributed by atoms with Gasteiger partial charge >= 0.3 is 0 Å². The van der Waals surface area contributed by atoms with Crippen LogP contribution in [0.25, 0.3) is 0 Å². The van der Waals surface area contributed by atoms with E-state index in [0.717, 1.165) is 11.1 Å². The molecule has 0 radical (unpaired) electrons. The zero-order valence-corrected chi connectivity index (χ0v) is 19.0. The highest BCUT2D eigenvalue weighted by atomic mass is 32.1. The van der Waals surface area contributed by atoms with Crippen LogP contribution in [-0.4, -0.2) is 23.5 Å². The van der Waals surface area contributed by atoms with Crippen LogP contribution in [0.3, 0.4) is 0 Å². The third-order valence-corrected chi connectivity index (χ3v) is 5.04. The maximum absolute atomic E-state index is 12.8. The van der Waals surface area contributed by atoms with Crippen LogP contribution in [0.15, 0.2) is 66.7 Å². The number of benzene rings is 3. The van der Waals surface area contributed by atoms with Crippen LogP contribution >= 0.6 is 12.2 Å². The first-order chi connectivity index (χ1) is 15.4. The van der Waals surface area contributed by atoms with Gasteiger partial charge in [0.2, 0.25) is 0 Å². The van der Waals surface area contributed by atoms with Gasteiger partial charge in [-0.1, -0.05) is 18.2 Å². The number of amides is 2. The van der Waals surface area contributed by atoms with Crippen LogP contribution in [0.1, 0.15) is 38.8 Å². The molecule has 0 aromatic heterocycles. The molecule has 0 aliphatic heterocycles.